The van der Waals surface area contributed by atoms with Gasteiger partial charge in [-0.3, -0.25) is 9.69 Å². The lowest BCUT2D eigenvalue weighted by Crippen LogP contribution is -2.47. The van der Waals surface area contributed by atoms with E-state index in [2.05, 4.69) is 15.1 Å². The Balaban J connectivity index is 1.03. The maximum Gasteiger partial charge on any atom is 0.417 e. The topological polar surface area (TPSA) is 75.5 Å². The lowest BCUT2D eigenvalue weighted by molar-refractivity contribution is -0.137. The third kappa shape index (κ3) is 6.93. The van der Waals surface area contributed by atoms with Crippen LogP contribution in [0.5, 0.6) is 0 Å². The van der Waals surface area contributed by atoms with Crippen LogP contribution in [0, 0.1) is 24.1 Å². The fourth-order valence-corrected chi connectivity index (χ4v) is 5.80. The first-order valence-corrected chi connectivity index (χ1v) is 14.3. The first-order valence-electron chi connectivity index (χ1n) is 14.3. The molecule has 222 valence electrons. The summed E-state index contributed by atoms with van der Waals surface area (Å²) in [6.45, 7) is 7.33. The quantitative estimate of drug-likeness (QED) is 0.367. The van der Waals surface area contributed by atoms with Crippen molar-refractivity contribution in [3.8, 4) is 6.07 Å². The van der Waals surface area contributed by atoms with Gasteiger partial charge in [-0.25, -0.2) is 9.37 Å². The Morgan fingerprint density at radius 3 is 2.48 bits per heavy atom. The second-order valence-electron chi connectivity index (χ2n) is 11.1. The molecule has 2 aliphatic heterocycles. The molecule has 0 aliphatic carbocycles. The summed E-state index contributed by atoms with van der Waals surface area (Å²) in [7, 11) is 0. The minimum atomic E-state index is -4.59. The summed E-state index contributed by atoms with van der Waals surface area (Å²) in [4.78, 5) is 24.0. The molecule has 3 aromatic rings. The molecule has 2 saturated heterocycles. The Morgan fingerprint density at radius 1 is 1.05 bits per heavy atom. The van der Waals surface area contributed by atoms with Crippen LogP contribution in [0.15, 0.2) is 42.5 Å². The van der Waals surface area contributed by atoms with Gasteiger partial charge in [0.2, 0.25) is 5.91 Å². The molecule has 0 radical (unpaired) electrons. The van der Waals surface area contributed by atoms with Crippen molar-refractivity contribution in [3.63, 3.8) is 0 Å². The molecule has 1 amide bonds. The molecule has 5 rings (SSSR count). The first kappa shape index (κ1) is 29.6. The third-order valence-electron chi connectivity index (χ3n) is 8.19. The summed E-state index contributed by atoms with van der Waals surface area (Å²) in [6.07, 6.45) is -2.08. The van der Waals surface area contributed by atoms with Crippen LogP contribution in [0.1, 0.15) is 42.4 Å². The van der Waals surface area contributed by atoms with Crippen molar-refractivity contribution in [1.82, 2.24) is 14.8 Å². The number of nitrogens with zero attached hydrogens (tertiary/aromatic N) is 5. The minimum absolute atomic E-state index is 0.0404. The van der Waals surface area contributed by atoms with Crippen LogP contribution in [-0.4, -0.2) is 72.5 Å². The number of anilines is 2. The van der Waals surface area contributed by atoms with Crippen LogP contribution in [0.3, 0.4) is 0 Å². The van der Waals surface area contributed by atoms with Gasteiger partial charge in [0.25, 0.3) is 0 Å². The van der Waals surface area contributed by atoms with E-state index in [1.54, 1.807) is 12.1 Å². The molecule has 0 spiro atoms. The number of likely N-dealkylation sites (tertiary alicyclic amines) is 1. The molecule has 0 saturated carbocycles. The Hall–Kier alpha value is -3.91. The molecule has 1 aromatic heterocycles. The van der Waals surface area contributed by atoms with E-state index < -0.39 is 17.3 Å². The van der Waals surface area contributed by atoms with Gasteiger partial charge >= 0.3 is 6.18 Å². The first-order chi connectivity index (χ1) is 20.1. The third-order valence-corrected chi connectivity index (χ3v) is 8.19. The number of hydrogen-bond donors (Lipinski definition) is 1. The fourth-order valence-electron chi connectivity index (χ4n) is 5.80. The van der Waals surface area contributed by atoms with E-state index in [1.165, 1.54) is 24.3 Å². The molecular weight excluding hydrogens is 548 g/mol. The van der Waals surface area contributed by atoms with Crippen molar-refractivity contribution < 1.29 is 22.4 Å². The number of piperazine rings is 1. The Kier molecular flexibility index (Phi) is 8.82. The molecule has 2 aliphatic rings. The van der Waals surface area contributed by atoms with Gasteiger partial charge in [-0.05, 0) is 80.8 Å². The van der Waals surface area contributed by atoms with Crippen LogP contribution >= 0.6 is 0 Å². The van der Waals surface area contributed by atoms with E-state index >= 15 is 0 Å². The van der Waals surface area contributed by atoms with Crippen LogP contribution in [0.4, 0.5) is 29.1 Å². The molecular formula is C31H34F4N6O. The molecule has 7 nitrogen and oxygen atoms in total. The van der Waals surface area contributed by atoms with Crippen molar-refractivity contribution in [3.05, 3.63) is 65.0 Å². The number of rotatable bonds is 7. The summed E-state index contributed by atoms with van der Waals surface area (Å²) < 4.78 is 53.4. The van der Waals surface area contributed by atoms with Crippen molar-refractivity contribution in [2.75, 3.05) is 56.0 Å². The minimum Gasteiger partial charge on any atom is -0.382 e. The second kappa shape index (κ2) is 12.5. The smallest absolute Gasteiger partial charge is 0.382 e. The number of aryl methyl sites for hydroxylation is 1. The summed E-state index contributed by atoms with van der Waals surface area (Å²) in [6, 6.07) is 11.9. The lowest BCUT2D eigenvalue weighted by atomic mass is 10.0. The van der Waals surface area contributed by atoms with Gasteiger partial charge in [0.05, 0.1) is 22.7 Å². The van der Waals surface area contributed by atoms with Gasteiger partial charge < -0.3 is 15.1 Å². The zero-order valence-corrected chi connectivity index (χ0v) is 23.6. The Labute approximate surface area is 242 Å². The molecule has 3 heterocycles. The summed E-state index contributed by atoms with van der Waals surface area (Å²) >= 11 is 0. The predicted octanol–water partition coefficient (Wildman–Crippen LogP) is 5.58. The van der Waals surface area contributed by atoms with Gasteiger partial charge in [0.15, 0.2) is 0 Å². The number of piperidine rings is 1. The van der Waals surface area contributed by atoms with Crippen LogP contribution in [-0.2, 0) is 11.0 Å². The number of fused-ring (bicyclic) bond motifs is 1. The highest BCUT2D eigenvalue weighted by atomic mass is 19.4. The second-order valence-corrected chi connectivity index (χ2v) is 11.1. The molecule has 42 heavy (non-hydrogen) atoms. The average Bonchev–Trinajstić information content (AvgIpc) is 2.97. The molecule has 2 aromatic carbocycles. The number of benzene rings is 2. The van der Waals surface area contributed by atoms with Crippen molar-refractivity contribution in [2.24, 2.45) is 0 Å². The number of hydrogen-bond acceptors (Lipinski definition) is 6. The number of aromatic nitrogens is 1. The van der Waals surface area contributed by atoms with E-state index in [-0.39, 0.29) is 17.8 Å². The zero-order valence-electron chi connectivity index (χ0n) is 23.6. The number of alkyl halides is 3. The number of carbonyl (C=O) groups excluding carboxylic acids is 1. The van der Waals surface area contributed by atoms with E-state index in [0.29, 0.717) is 38.0 Å². The molecule has 0 unspecified atom stereocenters. The van der Waals surface area contributed by atoms with Crippen molar-refractivity contribution in [2.45, 2.75) is 44.8 Å². The maximum atomic E-state index is 13.6. The number of amides is 1. The Bertz CT molecular complexity index is 1470. The zero-order chi connectivity index (χ0) is 29.9. The van der Waals surface area contributed by atoms with E-state index in [0.717, 1.165) is 67.5 Å². The highest BCUT2D eigenvalue weighted by molar-refractivity contribution is 5.84. The molecule has 11 heteroatoms. The van der Waals surface area contributed by atoms with Crippen LogP contribution in [0.25, 0.3) is 10.9 Å². The summed E-state index contributed by atoms with van der Waals surface area (Å²) in [5.41, 5.74) is 0.777. The van der Waals surface area contributed by atoms with Crippen molar-refractivity contribution in [1.29, 1.82) is 5.26 Å². The van der Waals surface area contributed by atoms with E-state index in [4.69, 9.17) is 10.2 Å². The van der Waals surface area contributed by atoms with Crippen LogP contribution < -0.4 is 10.2 Å². The van der Waals surface area contributed by atoms with Gasteiger partial charge in [0.1, 0.15) is 11.6 Å². The molecule has 1 N–H and O–H groups in total. The SMILES string of the molecule is Cc1cc(N2CCN(CCCC(=O)N3CCC(Nc4ccc(C#N)c(C(F)(F)F)c4)CC3)CC2)nc2ccc(F)cc12. The number of pyridine rings is 1. The van der Waals surface area contributed by atoms with Crippen LogP contribution in [0.2, 0.25) is 0 Å². The number of nitriles is 1. The lowest BCUT2D eigenvalue weighted by Gasteiger charge is -2.36. The normalized spacial score (nSPS) is 17.0. The molecule has 2 fully saturated rings. The highest BCUT2D eigenvalue weighted by Gasteiger charge is 2.34. The predicted molar refractivity (Wildman–Crippen MR) is 154 cm³/mol. The molecule has 0 atom stereocenters. The van der Waals surface area contributed by atoms with E-state index in [9.17, 15) is 22.4 Å². The van der Waals surface area contributed by atoms with E-state index in [1.807, 2.05) is 17.9 Å². The highest BCUT2D eigenvalue weighted by Crippen LogP contribution is 2.34. The number of nitrogens with one attached hydrogen (secondary N) is 1. The van der Waals surface area contributed by atoms with Gasteiger partial charge in [-0.1, -0.05) is 0 Å². The van der Waals surface area contributed by atoms with Gasteiger partial charge in [-0.15, -0.1) is 0 Å². The molecule has 0 bridgehead atoms. The van der Waals surface area contributed by atoms with Gasteiger partial charge in [0, 0.05) is 62.8 Å². The Morgan fingerprint density at radius 2 is 1.79 bits per heavy atom. The number of carbonyl (C=O) groups is 1. The summed E-state index contributed by atoms with van der Waals surface area (Å²) in [5.74, 6) is 0.746. The largest absolute Gasteiger partial charge is 0.417 e. The van der Waals surface area contributed by atoms with Gasteiger partial charge in [-0.2, -0.15) is 18.4 Å². The van der Waals surface area contributed by atoms with Crippen molar-refractivity contribution >= 4 is 28.3 Å². The fraction of sp³-hybridized carbons (Fsp3) is 0.452. The standard InChI is InChI=1S/C31H34F4N6O/c1-21-17-29(38-28-7-5-23(32)18-26(21)28)40-15-13-39(14-16-40)10-2-3-30(42)41-11-8-24(9-12-41)37-25-6-4-22(20-36)27(19-25)31(33,34)35/h4-7,17-19,24,37H,2-3,8-16H2,1H3. The summed E-state index contributed by atoms with van der Waals surface area (Å²) in [5, 5.41) is 13.0. The maximum absolute atomic E-state index is 13.6. The average molecular weight is 583 g/mol. The monoisotopic (exact) mass is 582 g/mol. The number of halogens is 4.